The molecule has 208 valence electrons. The molecule has 1 atom stereocenters. The van der Waals surface area contributed by atoms with Crippen LogP contribution < -0.4 is 4.74 Å². The SMILES string of the molecule is COc1cc(C(=O)N2CCN(CCCc3cccnc3)C[C@H]2Cc2ccc3ccccc3c2)cc(C(F)(F)F)c1. The van der Waals surface area contributed by atoms with Gasteiger partial charge in [0.15, 0.2) is 0 Å². The first-order valence-electron chi connectivity index (χ1n) is 13.5. The van der Waals surface area contributed by atoms with Crippen LogP contribution in [0.15, 0.2) is 85.2 Å². The van der Waals surface area contributed by atoms with E-state index in [1.165, 1.54) is 18.7 Å². The van der Waals surface area contributed by atoms with Crippen molar-refractivity contribution in [2.45, 2.75) is 31.5 Å². The maximum absolute atomic E-state index is 13.7. The quantitative estimate of drug-likeness (QED) is 0.261. The Balaban J connectivity index is 1.38. The van der Waals surface area contributed by atoms with Gasteiger partial charge in [0, 0.05) is 43.6 Å². The van der Waals surface area contributed by atoms with Crippen LogP contribution in [0, 0.1) is 0 Å². The van der Waals surface area contributed by atoms with Crippen LogP contribution in [-0.4, -0.2) is 60.0 Å². The topological polar surface area (TPSA) is 45.7 Å². The Bertz CT molecular complexity index is 1460. The van der Waals surface area contributed by atoms with E-state index >= 15 is 0 Å². The molecule has 0 N–H and O–H groups in total. The zero-order valence-corrected chi connectivity index (χ0v) is 22.4. The van der Waals surface area contributed by atoms with E-state index in [1.54, 1.807) is 11.1 Å². The van der Waals surface area contributed by atoms with Gasteiger partial charge in [0.25, 0.3) is 5.91 Å². The summed E-state index contributed by atoms with van der Waals surface area (Å²) in [4.78, 5) is 22.0. The molecule has 4 aromatic rings. The Morgan fingerprint density at radius 3 is 2.55 bits per heavy atom. The smallest absolute Gasteiger partial charge is 0.416 e. The van der Waals surface area contributed by atoms with E-state index in [0.717, 1.165) is 47.9 Å². The zero-order chi connectivity index (χ0) is 28.1. The van der Waals surface area contributed by atoms with Crippen LogP contribution in [0.5, 0.6) is 5.75 Å². The molecule has 1 aromatic heterocycles. The molecule has 1 amide bonds. The highest BCUT2D eigenvalue weighted by Crippen LogP contribution is 2.33. The highest BCUT2D eigenvalue weighted by molar-refractivity contribution is 5.95. The second kappa shape index (κ2) is 12.1. The van der Waals surface area contributed by atoms with E-state index in [4.69, 9.17) is 4.74 Å². The summed E-state index contributed by atoms with van der Waals surface area (Å²) in [6.45, 7) is 2.59. The number of ether oxygens (including phenoxy) is 1. The van der Waals surface area contributed by atoms with Crippen molar-refractivity contribution < 1.29 is 22.7 Å². The van der Waals surface area contributed by atoms with Gasteiger partial charge in [-0.2, -0.15) is 13.2 Å². The minimum absolute atomic E-state index is 0.0123. The van der Waals surface area contributed by atoms with Gasteiger partial charge in [-0.15, -0.1) is 0 Å². The molecular weight excluding hydrogens is 515 g/mol. The van der Waals surface area contributed by atoms with Crippen molar-refractivity contribution in [1.82, 2.24) is 14.8 Å². The van der Waals surface area contributed by atoms with Gasteiger partial charge in [0.05, 0.1) is 12.7 Å². The van der Waals surface area contributed by atoms with Crippen LogP contribution in [0.4, 0.5) is 13.2 Å². The van der Waals surface area contributed by atoms with Gasteiger partial charge in [-0.1, -0.05) is 48.5 Å². The molecule has 3 aromatic carbocycles. The maximum Gasteiger partial charge on any atom is 0.416 e. The first kappa shape index (κ1) is 27.6. The molecule has 40 heavy (non-hydrogen) atoms. The first-order valence-corrected chi connectivity index (χ1v) is 13.5. The Labute approximate surface area is 232 Å². The van der Waals surface area contributed by atoms with Crippen molar-refractivity contribution in [3.05, 3.63) is 107 Å². The van der Waals surface area contributed by atoms with Gasteiger partial charge in [-0.05, 0) is 72.0 Å². The lowest BCUT2D eigenvalue weighted by Crippen LogP contribution is -2.56. The molecular formula is C32H32F3N3O2. The third-order valence-electron chi connectivity index (χ3n) is 7.49. The number of pyridine rings is 1. The average Bonchev–Trinajstić information content (AvgIpc) is 2.97. The molecule has 0 aliphatic carbocycles. The van der Waals surface area contributed by atoms with Gasteiger partial charge in [0.1, 0.15) is 5.75 Å². The number of methoxy groups -OCH3 is 1. The van der Waals surface area contributed by atoms with Crippen molar-refractivity contribution in [2.75, 3.05) is 33.3 Å². The number of aryl methyl sites for hydroxylation is 1. The molecule has 2 heterocycles. The molecule has 1 aliphatic heterocycles. The summed E-state index contributed by atoms with van der Waals surface area (Å²) >= 11 is 0. The number of amides is 1. The monoisotopic (exact) mass is 547 g/mol. The van der Waals surface area contributed by atoms with Crippen molar-refractivity contribution in [3.8, 4) is 5.75 Å². The van der Waals surface area contributed by atoms with Crippen molar-refractivity contribution in [3.63, 3.8) is 0 Å². The van der Waals surface area contributed by atoms with Gasteiger partial charge >= 0.3 is 6.18 Å². The van der Waals surface area contributed by atoms with Gasteiger partial charge in [0.2, 0.25) is 0 Å². The van der Waals surface area contributed by atoms with Crippen molar-refractivity contribution in [1.29, 1.82) is 0 Å². The van der Waals surface area contributed by atoms with E-state index in [2.05, 4.69) is 46.3 Å². The van der Waals surface area contributed by atoms with E-state index in [0.29, 0.717) is 26.1 Å². The summed E-state index contributed by atoms with van der Waals surface area (Å²) in [7, 11) is 1.30. The third-order valence-corrected chi connectivity index (χ3v) is 7.49. The minimum atomic E-state index is -4.58. The van der Waals surface area contributed by atoms with Crippen LogP contribution >= 0.6 is 0 Å². The minimum Gasteiger partial charge on any atom is -0.497 e. The fourth-order valence-corrected chi connectivity index (χ4v) is 5.43. The number of fused-ring (bicyclic) bond motifs is 1. The third kappa shape index (κ3) is 6.62. The molecule has 1 fully saturated rings. The van der Waals surface area contributed by atoms with Crippen LogP contribution in [0.1, 0.15) is 33.5 Å². The number of hydrogen-bond acceptors (Lipinski definition) is 4. The normalized spacial score (nSPS) is 16.3. The van der Waals surface area contributed by atoms with Gasteiger partial charge in [-0.3, -0.25) is 14.7 Å². The fraction of sp³-hybridized carbons (Fsp3) is 0.312. The Morgan fingerprint density at radius 2 is 1.80 bits per heavy atom. The lowest BCUT2D eigenvalue weighted by Gasteiger charge is -2.42. The lowest BCUT2D eigenvalue weighted by molar-refractivity contribution is -0.137. The summed E-state index contributed by atoms with van der Waals surface area (Å²) < 4.78 is 45.9. The number of carbonyl (C=O) groups excluding carboxylic acids is 1. The predicted molar refractivity (Wildman–Crippen MR) is 149 cm³/mol. The molecule has 0 saturated carbocycles. The van der Waals surface area contributed by atoms with E-state index in [-0.39, 0.29) is 17.4 Å². The number of halogens is 3. The second-order valence-corrected chi connectivity index (χ2v) is 10.3. The van der Waals surface area contributed by atoms with E-state index in [9.17, 15) is 18.0 Å². The molecule has 5 rings (SSSR count). The van der Waals surface area contributed by atoms with Crippen LogP contribution in [0.2, 0.25) is 0 Å². The Hall–Kier alpha value is -3.91. The summed E-state index contributed by atoms with van der Waals surface area (Å²) in [6, 6.07) is 21.4. The van der Waals surface area contributed by atoms with Crippen LogP contribution in [-0.2, 0) is 19.0 Å². The predicted octanol–water partition coefficient (Wildman–Crippen LogP) is 6.26. The molecule has 1 saturated heterocycles. The van der Waals surface area contributed by atoms with Gasteiger partial charge < -0.3 is 9.64 Å². The number of rotatable bonds is 8. The number of aromatic nitrogens is 1. The summed E-state index contributed by atoms with van der Waals surface area (Å²) in [5, 5.41) is 2.25. The van der Waals surface area contributed by atoms with Crippen LogP contribution in [0.3, 0.4) is 0 Å². The van der Waals surface area contributed by atoms with Crippen molar-refractivity contribution >= 4 is 16.7 Å². The summed E-state index contributed by atoms with van der Waals surface area (Å²) in [5.41, 5.74) is 1.36. The van der Waals surface area contributed by atoms with Crippen molar-refractivity contribution in [2.24, 2.45) is 0 Å². The number of alkyl halides is 3. The average molecular weight is 548 g/mol. The first-order chi connectivity index (χ1) is 19.3. The standard InChI is InChI=1S/C32H32F3N3O2/c1-40-30-19-27(18-28(20-30)32(33,34)35)31(39)38-15-14-37(13-5-7-23-6-4-12-36-21-23)22-29(38)17-24-10-11-25-8-2-3-9-26(25)16-24/h2-4,6,8-12,16,18-21,29H,5,7,13-15,17,22H2,1H3/t29-/m1/s1. The molecule has 5 nitrogen and oxygen atoms in total. The number of piperazine rings is 1. The highest BCUT2D eigenvalue weighted by atomic mass is 19.4. The largest absolute Gasteiger partial charge is 0.497 e. The summed E-state index contributed by atoms with van der Waals surface area (Å²) in [5.74, 6) is -0.400. The molecule has 0 spiro atoms. The number of hydrogen-bond donors (Lipinski definition) is 0. The highest BCUT2D eigenvalue weighted by Gasteiger charge is 2.35. The number of nitrogens with zero attached hydrogens (tertiary/aromatic N) is 3. The molecule has 8 heteroatoms. The number of benzene rings is 3. The fourth-order valence-electron chi connectivity index (χ4n) is 5.43. The van der Waals surface area contributed by atoms with Crippen LogP contribution in [0.25, 0.3) is 10.8 Å². The maximum atomic E-state index is 13.7. The number of carbonyl (C=O) groups is 1. The molecule has 1 aliphatic rings. The molecule has 0 unspecified atom stereocenters. The Kier molecular flexibility index (Phi) is 8.35. The Morgan fingerprint density at radius 1 is 0.975 bits per heavy atom. The molecule has 0 bridgehead atoms. The zero-order valence-electron chi connectivity index (χ0n) is 22.4. The van der Waals surface area contributed by atoms with E-state index in [1.807, 2.05) is 24.4 Å². The van der Waals surface area contributed by atoms with E-state index < -0.39 is 17.6 Å². The second-order valence-electron chi connectivity index (χ2n) is 10.3. The lowest BCUT2D eigenvalue weighted by atomic mass is 9.98. The molecule has 0 radical (unpaired) electrons. The summed E-state index contributed by atoms with van der Waals surface area (Å²) in [6.07, 6.45) is 1.52. The van der Waals surface area contributed by atoms with Gasteiger partial charge in [-0.25, -0.2) is 0 Å².